The van der Waals surface area contributed by atoms with Crippen LogP contribution in [0.1, 0.15) is 48.5 Å². The van der Waals surface area contributed by atoms with E-state index in [-0.39, 0.29) is 17.9 Å². The molecule has 2 heterocycles. The lowest BCUT2D eigenvalue weighted by Crippen LogP contribution is -2.43. The average Bonchev–Trinajstić information content (AvgIpc) is 3.17. The molecule has 0 spiro atoms. The van der Waals surface area contributed by atoms with Crippen molar-refractivity contribution in [1.82, 2.24) is 25.4 Å². The van der Waals surface area contributed by atoms with E-state index in [0.29, 0.717) is 35.0 Å². The monoisotopic (exact) mass is 380 g/mol. The standard InChI is InChI=1S/C19H24N8O/c1-11(28)13-6-4-5-12(9-13)10-21-17-16-18(26-27-25-16)24-19(23-17)22-15-8-3-2-7-14(15)20/h4-6,9,14-15H,2-3,7-8,10,20H2,1H3,(H3,21,22,23,24,25,26,27). The van der Waals surface area contributed by atoms with E-state index in [0.717, 1.165) is 31.2 Å². The fourth-order valence-corrected chi connectivity index (χ4v) is 3.52. The van der Waals surface area contributed by atoms with Gasteiger partial charge in [-0.2, -0.15) is 20.3 Å². The highest BCUT2D eigenvalue weighted by Gasteiger charge is 2.23. The molecule has 28 heavy (non-hydrogen) atoms. The largest absolute Gasteiger partial charge is 0.364 e. The number of Topliss-reactive ketones (excluding diaryl/α,β-unsaturated/α-hetero) is 1. The van der Waals surface area contributed by atoms with Gasteiger partial charge in [-0.25, -0.2) is 0 Å². The number of benzene rings is 1. The molecule has 2 atom stereocenters. The van der Waals surface area contributed by atoms with Crippen molar-refractivity contribution in [2.75, 3.05) is 10.6 Å². The second-order valence-electron chi connectivity index (χ2n) is 7.20. The van der Waals surface area contributed by atoms with E-state index < -0.39 is 0 Å². The van der Waals surface area contributed by atoms with Gasteiger partial charge in [0.1, 0.15) is 0 Å². The van der Waals surface area contributed by atoms with E-state index in [4.69, 9.17) is 5.73 Å². The van der Waals surface area contributed by atoms with Crippen LogP contribution in [0.4, 0.5) is 11.8 Å². The van der Waals surface area contributed by atoms with Crippen molar-refractivity contribution in [3.05, 3.63) is 35.4 Å². The second-order valence-corrected chi connectivity index (χ2v) is 7.20. The molecule has 0 bridgehead atoms. The Morgan fingerprint density at radius 3 is 2.93 bits per heavy atom. The van der Waals surface area contributed by atoms with E-state index >= 15 is 0 Å². The van der Waals surface area contributed by atoms with Crippen LogP contribution >= 0.6 is 0 Å². The van der Waals surface area contributed by atoms with E-state index in [1.807, 2.05) is 24.3 Å². The second kappa shape index (κ2) is 7.89. The summed E-state index contributed by atoms with van der Waals surface area (Å²) >= 11 is 0. The van der Waals surface area contributed by atoms with Gasteiger partial charge < -0.3 is 16.4 Å². The zero-order valence-corrected chi connectivity index (χ0v) is 15.8. The van der Waals surface area contributed by atoms with Gasteiger partial charge in [0.2, 0.25) is 11.6 Å². The summed E-state index contributed by atoms with van der Waals surface area (Å²) in [6.07, 6.45) is 4.31. The molecule has 2 unspecified atom stereocenters. The number of hydrogen-bond donors (Lipinski definition) is 4. The van der Waals surface area contributed by atoms with Gasteiger partial charge in [-0.15, -0.1) is 5.10 Å². The number of ketones is 1. The molecular weight excluding hydrogens is 356 g/mol. The topological polar surface area (TPSA) is 134 Å². The number of carbonyl (C=O) groups is 1. The van der Waals surface area contributed by atoms with Crippen molar-refractivity contribution in [3.8, 4) is 0 Å². The highest BCUT2D eigenvalue weighted by Crippen LogP contribution is 2.23. The fraction of sp³-hybridized carbons (Fsp3) is 0.421. The Kier molecular flexibility index (Phi) is 5.16. The van der Waals surface area contributed by atoms with Crippen LogP contribution in [0.25, 0.3) is 11.2 Å². The first-order valence-electron chi connectivity index (χ1n) is 9.54. The molecule has 0 aliphatic heterocycles. The predicted octanol–water partition coefficient (Wildman–Crippen LogP) is 2.24. The van der Waals surface area contributed by atoms with Crippen LogP contribution in [-0.2, 0) is 6.54 Å². The van der Waals surface area contributed by atoms with Gasteiger partial charge in [-0.05, 0) is 31.4 Å². The van der Waals surface area contributed by atoms with Crippen molar-refractivity contribution in [1.29, 1.82) is 0 Å². The smallest absolute Gasteiger partial charge is 0.227 e. The number of fused-ring (bicyclic) bond motifs is 1. The lowest BCUT2D eigenvalue weighted by molar-refractivity contribution is 0.101. The summed E-state index contributed by atoms with van der Waals surface area (Å²) in [4.78, 5) is 20.6. The summed E-state index contributed by atoms with van der Waals surface area (Å²) in [7, 11) is 0. The molecule has 146 valence electrons. The summed E-state index contributed by atoms with van der Waals surface area (Å²) in [5.41, 5.74) is 8.95. The minimum Gasteiger partial charge on any atom is -0.364 e. The number of aromatic amines is 1. The first-order chi connectivity index (χ1) is 13.6. The van der Waals surface area contributed by atoms with E-state index in [1.54, 1.807) is 6.92 Å². The highest BCUT2D eigenvalue weighted by molar-refractivity contribution is 5.94. The van der Waals surface area contributed by atoms with Gasteiger partial charge >= 0.3 is 0 Å². The van der Waals surface area contributed by atoms with E-state index in [2.05, 4.69) is 36.0 Å². The normalized spacial score (nSPS) is 19.5. The Balaban J connectivity index is 1.55. The van der Waals surface area contributed by atoms with Gasteiger partial charge in [0.05, 0.1) is 0 Å². The lowest BCUT2D eigenvalue weighted by Gasteiger charge is -2.29. The molecule has 4 rings (SSSR count). The molecule has 1 aliphatic rings. The molecule has 1 fully saturated rings. The Labute approximate surface area is 162 Å². The van der Waals surface area contributed by atoms with Crippen LogP contribution in [0, 0.1) is 0 Å². The highest BCUT2D eigenvalue weighted by atomic mass is 16.1. The summed E-state index contributed by atoms with van der Waals surface area (Å²) in [5, 5.41) is 17.5. The van der Waals surface area contributed by atoms with Crippen LogP contribution < -0.4 is 16.4 Å². The van der Waals surface area contributed by atoms with Crippen LogP contribution in [0.5, 0.6) is 0 Å². The van der Waals surface area contributed by atoms with Crippen LogP contribution in [0.15, 0.2) is 24.3 Å². The molecule has 1 aliphatic carbocycles. The summed E-state index contributed by atoms with van der Waals surface area (Å²) < 4.78 is 0. The third-order valence-electron chi connectivity index (χ3n) is 5.11. The first-order valence-corrected chi connectivity index (χ1v) is 9.54. The SMILES string of the molecule is CC(=O)c1cccc(CNc2nc(NC3CCCCC3N)nc3n[nH]nc23)c1. The quantitative estimate of drug-likeness (QED) is 0.478. The number of hydrogen-bond acceptors (Lipinski definition) is 8. The molecule has 1 aromatic carbocycles. The van der Waals surface area contributed by atoms with E-state index in [1.165, 1.54) is 0 Å². The molecule has 0 saturated heterocycles. The molecule has 2 aromatic heterocycles. The molecule has 3 aromatic rings. The zero-order valence-electron chi connectivity index (χ0n) is 15.8. The van der Waals surface area contributed by atoms with Crippen LogP contribution in [0.3, 0.4) is 0 Å². The number of aromatic nitrogens is 5. The van der Waals surface area contributed by atoms with Crippen molar-refractivity contribution < 1.29 is 4.79 Å². The van der Waals surface area contributed by atoms with Gasteiger partial charge in [0.25, 0.3) is 0 Å². The molecular formula is C19H24N8O. The lowest BCUT2D eigenvalue weighted by atomic mass is 9.91. The van der Waals surface area contributed by atoms with Crippen LogP contribution in [-0.4, -0.2) is 43.2 Å². The van der Waals surface area contributed by atoms with Gasteiger partial charge in [-0.1, -0.05) is 31.0 Å². The fourth-order valence-electron chi connectivity index (χ4n) is 3.52. The molecule has 9 heteroatoms. The summed E-state index contributed by atoms with van der Waals surface area (Å²) in [6, 6.07) is 7.75. The minimum absolute atomic E-state index is 0.0399. The average molecular weight is 380 g/mol. The van der Waals surface area contributed by atoms with Crippen molar-refractivity contribution in [3.63, 3.8) is 0 Å². The Morgan fingerprint density at radius 1 is 1.25 bits per heavy atom. The zero-order chi connectivity index (χ0) is 19.5. The maximum Gasteiger partial charge on any atom is 0.227 e. The van der Waals surface area contributed by atoms with Crippen LogP contribution in [0.2, 0.25) is 0 Å². The number of carbonyl (C=O) groups excluding carboxylic acids is 1. The van der Waals surface area contributed by atoms with Gasteiger partial charge in [-0.3, -0.25) is 4.79 Å². The van der Waals surface area contributed by atoms with Gasteiger partial charge in [0.15, 0.2) is 17.1 Å². The molecule has 9 nitrogen and oxygen atoms in total. The Bertz CT molecular complexity index is 985. The number of nitrogens with zero attached hydrogens (tertiary/aromatic N) is 4. The summed E-state index contributed by atoms with van der Waals surface area (Å²) in [5.74, 6) is 1.11. The predicted molar refractivity (Wildman–Crippen MR) is 107 cm³/mol. The Morgan fingerprint density at radius 2 is 2.11 bits per heavy atom. The Hall–Kier alpha value is -3.07. The number of nitrogens with two attached hydrogens (primary N) is 1. The number of anilines is 2. The maximum absolute atomic E-state index is 11.6. The van der Waals surface area contributed by atoms with Gasteiger partial charge in [0, 0.05) is 24.2 Å². The number of rotatable bonds is 6. The van der Waals surface area contributed by atoms with Crippen molar-refractivity contribution in [2.24, 2.45) is 5.73 Å². The van der Waals surface area contributed by atoms with E-state index in [9.17, 15) is 4.79 Å². The number of nitrogens with one attached hydrogen (secondary N) is 3. The summed E-state index contributed by atoms with van der Waals surface area (Å²) in [6.45, 7) is 2.06. The third kappa shape index (κ3) is 3.94. The molecule has 5 N–H and O–H groups in total. The molecule has 0 amide bonds. The number of H-pyrrole nitrogens is 1. The van der Waals surface area contributed by atoms with Crippen molar-refractivity contribution in [2.45, 2.75) is 51.2 Å². The maximum atomic E-state index is 11.6. The molecule has 1 saturated carbocycles. The van der Waals surface area contributed by atoms with Crippen molar-refractivity contribution >= 4 is 28.7 Å². The third-order valence-corrected chi connectivity index (χ3v) is 5.11. The molecule has 0 radical (unpaired) electrons. The minimum atomic E-state index is 0.0399. The first kappa shape index (κ1) is 18.3.